The Morgan fingerprint density at radius 2 is 1.60 bits per heavy atom. The highest BCUT2D eigenvalue weighted by Crippen LogP contribution is 2.41. The van der Waals surface area contributed by atoms with Crippen molar-refractivity contribution in [2.24, 2.45) is 0 Å². The van der Waals surface area contributed by atoms with Gasteiger partial charge in [-0.3, -0.25) is 4.57 Å². The zero-order valence-electron chi connectivity index (χ0n) is 27.2. The molecule has 45 heavy (non-hydrogen) atoms. The molecular formula is C31H46ClF3NO7PSi. The number of nitrogens with one attached hydrogen (secondary N) is 1. The van der Waals surface area contributed by atoms with Gasteiger partial charge < -0.3 is 29.0 Å². The minimum Gasteiger partial charge on any atom is -0.457 e. The molecule has 0 aliphatic heterocycles. The predicted molar refractivity (Wildman–Crippen MR) is 173 cm³/mol. The number of carbonyl (C=O) groups is 1. The van der Waals surface area contributed by atoms with Gasteiger partial charge in [0, 0.05) is 5.02 Å². The standard InChI is InChI=1S/C31H46ClF3NO7PSi/c1-28(2,3)43-27(37)36-30(17-18-44(38,39)40,21-41-45(7,8)29(4,5)6)16-10-11-22-14-15-25(20-26(22)32)42-24-13-9-12-23(19-24)31(33,34)35/h9,12-15,19-20H,10-11,16-18,21H2,1-8H3,(H,36,37)(H2,38,39,40). The fraction of sp³-hybridized carbons (Fsp3) is 0.581. The first-order valence-corrected chi connectivity index (χ1v) is 19.7. The lowest BCUT2D eigenvalue weighted by Crippen LogP contribution is -2.56. The summed E-state index contributed by atoms with van der Waals surface area (Å²) in [5.41, 5.74) is -2.06. The maximum Gasteiger partial charge on any atom is 0.416 e. The van der Waals surface area contributed by atoms with Crippen LogP contribution in [0.4, 0.5) is 18.0 Å². The molecule has 8 nitrogen and oxygen atoms in total. The average molecular weight is 696 g/mol. The van der Waals surface area contributed by atoms with Gasteiger partial charge in [-0.15, -0.1) is 0 Å². The van der Waals surface area contributed by atoms with Gasteiger partial charge in [0.1, 0.15) is 17.1 Å². The summed E-state index contributed by atoms with van der Waals surface area (Å²) in [4.78, 5) is 32.5. The molecule has 0 spiro atoms. The van der Waals surface area contributed by atoms with E-state index in [4.69, 9.17) is 25.5 Å². The van der Waals surface area contributed by atoms with Crippen LogP contribution in [-0.2, 0) is 26.3 Å². The summed E-state index contributed by atoms with van der Waals surface area (Å²) in [5.74, 6) is 0.270. The molecule has 3 N–H and O–H groups in total. The zero-order chi connectivity index (χ0) is 34.5. The Labute approximate surface area is 270 Å². The van der Waals surface area contributed by atoms with Crippen molar-refractivity contribution >= 4 is 33.6 Å². The van der Waals surface area contributed by atoms with E-state index in [0.717, 1.165) is 17.7 Å². The van der Waals surface area contributed by atoms with E-state index in [-0.39, 0.29) is 29.6 Å². The lowest BCUT2D eigenvalue weighted by Gasteiger charge is -2.42. The van der Waals surface area contributed by atoms with Gasteiger partial charge in [0.05, 0.1) is 23.9 Å². The van der Waals surface area contributed by atoms with E-state index in [9.17, 15) is 32.3 Å². The monoisotopic (exact) mass is 695 g/mol. The molecule has 1 atom stereocenters. The van der Waals surface area contributed by atoms with Crippen molar-refractivity contribution in [3.05, 3.63) is 58.6 Å². The summed E-state index contributed by atoms with van der Waals surface area (Å²) in [6, 6.07) is 9.35. The number of alkyl carbamates (subject to hydrolysis) is 1. The molecule has 0 aromatic heterocycles. The van der Waals surface area contributed by atoms with Crippen molar-refractivity contribution in [1.29, 1.82) is 0 Å². The molecule has 2 aromatic rings. The lowest BCUT2D eigenvalue weighted by atomic mass is 9.89. The fourth-order valence-corrected chi connectivity index (χ4v) is 6.18. The van der Waals surface area contributed by atoms with Crippen LogP contribution >= 0.6 is 19.2 Å². The molecule has 0 aliphatic carbocycles. The van der Waals surface area contributed by atoms with Crippen LogP contribution in [0.5, 0.6) is 11.5 Å². The molecule has 0 bridgehead atoms. The third kappa shape index (κ3) is 13.3. The topological polar surface area (TPSA) is 114 Å². The van der Waals surface area contributed by atoms with Crippen LogP contribution in [0.25, 0.3) is 0 Å². The second-order valence-electron chi connectivity index (χ2n) is 13.8. The average Bonchev–Trinajstić information content (AvgIpc) is 2.85. The van der Waals surface area contributed by atoms with Gasteiger partial charge in [0.2, 0.25) is 0 Å². The van der Waals surface area contributed by atoms with Gasteiger partial charge in [-0.2, -0.15) is 13.2 Å². The number of ether oxygens (including phenoxy) is 2. The molecule has 0 aliphatic rings. The Morgan fingerprint density at radius 1 is 0.978 bits per heavy atom. The molecule has 0 saturated carbocycles. The fourth-order valence-electron chi connectivity index (χ4n) is 4.13. The minimum absolute atomic E-state index is 0.0124. The van der Waals surface area contributed by atoms with Gasteiger partial charge in [-0.1, -0.05) is 44.5 Å². The maximum atomic E-state index is 13.1. The van der Waals surface area contributed by atoms with Gasteiger partial charge in [-0.25, -0.2) is 4.79 Å². The Bertz CT molecular complexity index is 1360. The van der Waals surface area contributed by atoms with Crippen LogP contribution in [0, 0.1) is 0 Å². The first-order chi connectivity index (χ1) is 20.3. The molecule has 14 heteroatoms. The van der Waals surface area contributed by atoms with Gasteiger partial charge in [-0.05, 0) is 100 Å². The van der Waals surface area contributed by atoms with Crippen molar-refractivity contribution < 1.29 is 46.2 Å². The van der Waals surface area contributed by atoms with E-state index >= 15 is 0 Å². The Kier molecular flexibility index (Phi) is 12.8. The van der Waals surface area contributed by atoms with E-state index < -0.39 is 51.0 Å². The van der Waals surface area contributed by atoms with Crippen molar-refractivity contribution in [3.63, 3.8) is 0 Å². The molecule has 0 radical (unpaired) electrons. The maximum absolute atomic E-state index is 13.1. The summed E-state index contributed by atoms with van der Waals surface area (Å²) < 4.78 is 68.8. The molecule has 1 amide bonds. The van der Waals surface area contributed by atoms with Crippen LogP contribution in [0.3, 0.4) is 0 Å². The lowest BCUT2D eigenvalue weighted by molar-refractivity contribution is -0.137. The van der Waals surface area contributed by atoms with Crippen LogP contribution in [-0.4, -0.2) is 48.1 Å². The van der Waals surface area contributed by atoms with Crippen molar-refractivity contribution in [3.8, 4) is 11.5 Å². The second kappa shape index (κ2) is 14.8. The molecule has 2 aromatic carbocycles. The van der Waals surface area contributed by atoms with E-state index in [2.05, 4.69) is 39.2 Å². The number of amides is 1. The molecule has 0 fully saturated rings. The van der Waals surface area contributed by atoms with Crippen LogP contribution in [0.2, 0.25) is 23.2 Å². The quantitative estimate of drug-likeness (QED) is 0.141. The third-order valence-electron chi connectivity index (χ3n) is 7.69. The summed E-state index contributed by atoms with van der Waals surface area (Å²) in [6.07, 6.45) is -4.58. The summed E-state index contributed by atoms with van der Waals surface area (Å²) >= 11 is 6.53. The van der Waals surface area contributed by atoms with Crippen LogP contribution in [0.15, 0.2) is 42.5 Å². The predicted octanol–water partition coefficient (Wildman–Crippen LogP) is 9.33. The number of hydrogen-bond donors (Lipinski definition) is 3. The van der Waals surface area contributed by atoms with E-state index in [0.29, 0.717) is 24.3 Å². The zero-order valence-corrected chi connectivity index (χ0v) is 29.8. The normalized spacial score (nSPS) is 14.5. The molecule has 2 rings (SSSR count). The highest BCUT2D eigenvalue weighted by molar-refractivity contribution is 7.51. The summed E-state index contributed by atoms with van der Waals surface area (Å²) in [7, 11) is -6.76. The van der Waals surface area contributed by atoms with Crippen molar-refractivity contribution in [1.82, 2.24) is 5.32 Å². The SMILES string of the molecule is CC(C)(C)OC(=O)NC(CCCc1ccc(Oc2cccc(C(F)(F)F)c2)cc1Cl)(CCP(=O)(O)O)CO[Si](C)(C)C(C)(C)C. The van der Waals surface area contributed by atoms with Crippen molar-refractivity contribution in [2.45, 2.75) is 103 Å². The Balaban J connectivity index is 2.29. The van der Waals surface area contributed by atoms with E-state index in [1.165, 1.54) is 18.2 Å². The smallest absolute Gasteiger partial charge is 0.416 e. The third-order valence-corrected chi connectivity index (χ3v) is 13.3. The molecular weight excluding hydrogens is 650 g/mol. The minimum atomic E-state index is -4.50. The second-order valence-corrected chi connectivity index (χ2v) is 20.8. The number of rotatable bonds is 13. The highest BCUT2D eigenvalue weighted by Gasteiger charge is 2.42. The number of aryl methyl sites for hydroxylation is 1. The molecule has 0 saturated heterocycles. The molecule has 254 valence electrons. The van der Waals surface area contributed by atoms with Crippen molar-refractivity contribution in [2.75, 3.05) is 12.8 Å². The Hall–Kier alpha value is -2.08. The number of carbonyl (C=O) groups excluding carboxylic acids is 1. The summed E-state index contributed by atoms with van der Waals surface area (Å²) in [5, 5.41) is 3.07. The van der Waals surface area contributed by atoms with Crippen LogP contribution in [0.1, 0.15) is 71.9 Å². The first-order valence-electron chi connectivity index (χ1n) is 14.6. The molecule has 0 heterocycles. The number of hydrogen-bond acceptors (Lipinski definition) is 5. The summed E-state index contributed by atoms with van der Waals surface area (Å²) in [6.45, 7) is 15.5. The van der Waals surface area contributed by atoms with Gasteiger partial charge >= 0.3 is 19.9 Å². The number of benzene rings is 2. The Morgan fingerprint density at radius 3 is 2.13 bits per heavy atom. The van der Waals surface area contributed by atoms with Gasteiger partial charge in [0.15, 0.2) is 8.32 Å². The number of alkyl halides is 3. The van der Waals surface area contributed by atoms with E-state index in [1.54, 1.807) is 32.9 Å². The first kappa shape index (κ1) is 39.1. The van der Waals surface area contributed by atoms with E-state index in [1.807, 2.05) is 0 Å². The largest absolute Gasteiger partial charge is 0.457 e. The van der Waals surface area contributed by atoms with Gasteiger partial charge in [0.25, 0.3) is 0 Å². The number of halogens is 4. The highest BCUT2D eigenvalue weighted by atomic mass is 35.5. The van der Waals surface area contributed by atoms with Crippen LogP contribution < -0.4 is 10.1 Å². The molecule has 1 unspecified atom stereocenters.